The van der Waals surface area contributed by atoms with Crippen molar-refractivity contribution in [1.29, 1.82) is 0 Å². The van der Waals surface area contributed by atoms with Gasteiger partial charge in [0, 0.05) is 0 Å². The third kappa shape index (κ3) is 27.1. The smallest absolute Gasteiger partial charge is 0.331 e. The van der Waals surface area contributed by atoms with Crippen molar-refractivity contribution in [2.45, 2.75) is 4.90 Å². The summed E-state index contributed by atoms with van der Waals surface area (Å²) >= 11 is 0. The van der Waals surface area contributed by atoms with Gasteiger partial charge in [-0.1, -0.05) is 18.2 Å². The van der Waals surface area contributed by atoms with Gasteiger partial charge >= 0.3 is 5.97 Å². The van der Waals surface area contributed by atoms with Crippen LogP contribution in [0.4, 0.5) is 0 Å². The predicted molar refractivity (Wildman–Crippen MR) is 160 cm³/mol. The number of esters is 1. The van der Waals surface area contributed by atoms with Crippen molar-refractivity contribution in [3.05, 3.63) is 30.3 Å². The van der Waals surface area contributed by atoms with Crippen LogP contribution in [0.25, 0.3) is 0 Å². The highest BCUT2D eigenvalue weighted by molar-refractivity contribution is 7.86. The highest BCUT2D eigenvalue weighted by Gasteiger charge is 2.13. The molecule has 0 amide bonds. The highest BCUT2D eigenvalue weighted by Crippen LogP contribution is 2.10. The Hall–Kier alpha value is -1.80. The van der Waals surface area contributed by atoms with Crippen LogP contribution in [0.15, 0.2) is 35.2 Å². The number of carbonyl (C=O) groups is 1. The Morgan fingerprint density at radius 3 is 1.07 bits per heavy atom. The van der Waals surface area contributed by atoms with Crippen LogP contribution in [0.5, 0.6) is 0 Å². The quantitative estimate of drug-likeness (QED) is 0.0573. The zero-order valence-corrected chi connectivity index (χ0v) is 27.1. The number of rotatable bonds is 34. The minimum absolute atomic E-state index is 0.0630. The molecule has 0 atom stereocenters. The molecule has 15 nitrogen and oxygen atoms in total. The lowest BCUT2D eigenvalue weighted by Gasteiger charge is -2.09. The molecular weight excluding hydrogens is 620 g/mol. The molecule has 0 aliphatic carbocycles. The van der Waals surface area contributed by atoms with Gasteiger partial charge in [-0.2, -0.15) is 8.42 Å². The molecule has 1 aromatic carbocycles. The predicted octanol–water partition coefficient (Wildman–Crippen LogP) is 0.731. The van der Waals surface area contributed by atoms with Gasteiger partial charge in [0.2, 0.25) is 0 Å². The van der Waals surface area contributed by atoms with E-state index < -0.39 is 16.1 Å². The van der Waals surface area contributed by atoms with Gasteiger partial charge in [-0.3, -0.25) is 4.18 Å². The molecular formula is C29H50O15S. The summed E-state index contributed by atoms with van der Waals surface area (Å²) in [6.07, 6.45) is 0. The normalized spacial score (nSPS) is 11.7. The standard InChI is InChI=1S/C29H50O15S/c1-33-29(30)27-43-24-23-41-20-19-39-16-15-37-12-11-35-8-7-34-9-10-36-13-14-38-17-18-40-21-22-42-25-26-44-45(31,32)28-5-3-2-4-6-28/h2-6H,7-27H2,1H3. The fraction of sp³-hybridized carbons (Fsp3) is 0.759. The summed E-state index contributed by atoms with van der Waals surface area (Å²) in [4.78, 5) is 11.0. The van der Waals surface area contributed by atoms with Crippen LogP contribution in [-0.4, -0.2) is 160 Å². The number of ether oxygens (including phenoxy) is 11. The summed E-state index contributed by atoms with van der Waals surface area (Å²) in [5, 5.41) is 0. The zero-order chi connectivity index (χ0) is 32.5. The molecule has 45 heavy (non-hydrogen) atoms. The number of benzene rings is 1. The van der Waals surface area contributed by atoms with E-state index >= 15 is 0 Å². The third-order valence-electron chi connectivity index (χ3n) is 5.29. The van der Waals surface area contributed by atoms with Crippen molar-refractivity contribution in [2.24, 2.45) is 0 Å². The average molecular weight is 671 g/mol. The van der Waals surface area contributed by atoms with E-state index in [1.165, 1.54) is 19.2 Å². The van der Waals surface area contributed by atoms with Gasteiger partial charge in [-0.05, 0) is 12.1 Å². The first-order chi connectivity index (χ1) is 22.1. The van der Waals surface area contributed by atoms with E-state index in [9.17, 15) is 13.2 Å². The van der Waals surface area contributed by atoms with Crippen LogP contribution in [-0.2, 0) is 71.2 Å². The van der Waals surface area contributed by atoms with Crippen molar-refractivity contribution in [3.8, 4) is 0 Å². The van der Waals surface area contributed by atoms with Crippen LogP contribution in [0.2, 0.25) is 0 Å². The Balaban J connectivity index is 1.67. The summed E-state index contributed by atoms with van der Waals surface area (Å²) in [5.41, 5.74) is 0. The first-order valence-electron chi connectivity index (χ1n) is 14.8. The van der Waals surface area contributed by atoms with Crippen LogP contribution in [0.3, 0.4) is 0 Å². The summed E-state index contributed by atoms with van der Waals surface area (Å²) in [5.74, 6) is -0.415. The van der Waals surface area contributed by atoms with Gasteiger partial charge in [0.05, 0.1) is 144 Å². The molecule has 0 saturated carbocycles. The first-order valence-corrected chi connectivity index (χ1v) is 16.3. The minimum Gasteiger partial charge on any atom is -0.467 e. The maximum absolute atomic E-state index is 12.0. The van der Waals surface area contributed by atoms with E-state index in [1.807, 2.05) is 0 Å². The van der Waals surface area contributed by atoms with Gasteiger partial charge in [0.25, 0.3) is 10.1 Å². The zero-order valence-electron chi connectivity index (χ0n) is 26.3. The van der Waals surface area contributed by atoms with E-state index in [0.717, 1.165) is 0 Å². The van der Waals surface area contributed by atoms with Crippen molar-refractivity contribution in [1.82, 2.24) is 0 Å². The molecule has 0 heterocycles. The van der Waals surface area contributed by atoms with Crippen LogP contribution in [0.1, 0.15) is 0 Å². The van der Waals surface area contributed by atoms with E-state index in [1.54, 1.807) is 18.2 Å². The number of methoxy groups -OCH3 is 1. The Morgan fingerprint density at radius 2 is 0.756 bits per heavy atom. The second-order valence-electron chi connectivity index (χ2n) is 8.73. The fourth-order valence-electron chi connectivity index (χ4n) is 3.05. The Morgan fingerprint density at radius 1 is 0.467 bits per heavy atom. The molecule has 0 N–H and O–H groups in total. The molecule has 0 spiro atoms. The van der Waals surface area contributed by atoms with Gasteiger partial charge in [-0.15, -0.1) is 0 Å². The lowest BCUT2D eigenvalue weighted by molar-refractivity contribution is -0.146. The SMILES string of the molecule is COC(=O)COCCOCCOCCOCCOCCOCCOCCOCCOCCOCCOS(=O)(=O)c1ccccc1. The van der Waals surface area contributed by atoms with E-state index in [4.69, 9.17) is 51.6 Å². The van der Waals surface area contributed by atoms with Crippen molar-refractivity contribution in [3.63, 3.8) is 0 Å². The van der Waals surface area contributed by atoms with E-state index in [-0.39, 0.29) is 24.7 Å². The van der Waals surface area contributed by atoms with E-state index in [2.05, 4.69) is 4.74 Å². The Bertz CT molecular complexity index is 889. The first kappa shape index (κ1) is 41.2. The topological polar surface area (TPSA) is 162 Å². The molecule has 0 aromatic heterocycles. The Labute approximate surface area is 266 Å². The lowest BCUT2D eigenvalue weighted by Crippen LogP contribution is -2.16. The highest BCUT2D eigenvalue weighted by atomic mass is 32.2. The summed E-state index contributed by atoms with van der Waals surface area (Å²) < 4.78 is 86.9. The average Bonchev–Trinajstić information content (AvgIpc) is 3.05. The second-order valence-corrected chi connectivity index (χ2v) is 10.3. The number of hydrogen-bond donors (Lipinski definition) is 0. The van der Waals surface area contributed by atoms with Crippen LogP contribution < -0.4 is 0 Å². The molecule has 0 radical (unpaired) electrons. The molecule has 0 saturated heterocycles. The molecule has 0 aliphatic rings. The maximum atomic E-state index is 12.0. The molecule has 0 aliphatic heterocycles. The van der Waals surface area contributed by atoms with Crippen LogP contribution in [0, 0.1) is 0 Å². The fourth-order valence-corrected chi connectivity index (χ4v) is 3.97. The van der Waals surface area contributed by atoms with Crippen LogP contribution >= 0.6 is 0 Å². The minimum atomic E-state index is -3.76. The summed E-state index contributed by atoms with van der Waals surface area (Å²) in [7, 11) is -2.45. The van der Waals surface area contributed by atoms with E-state index in [0.29, 0.717) is 119 Å². The lowest BCUT2D eigenvalue weighted by atomic mass is 10.4. The van der Waals surface area contributed by atoms with Crippen molar-refractivity contribution >= 4 is 16.1 Å². The van der Waals surface area contributed by atoms with Gasteiger partial charge in [-0.25, -0.2) is 4.79 Å². The molecule has 1 rings (SSSR count). The molecule has 16 heteroatoms. The molecule has 0 bridgehead atoms. The molecule has 0 fully saturated rings. The maximum Gasteiger partial charge on any atom is 0.331 e. The van der Waals surface area contributed by atoms with Crippen molar-refractivity contribution in [2.75, 3.05) is 146 Å². The molecule has 262 valence electrons. The van der Waals surface area contributed by atoms with Gasteiger partial charge < -0.3 is 52.1 Å². The largest absolute Gasteiger partial charge is 0.467 e. The summed E-state index contributed by atoms with van der Waals surface area (Å²) in [6.45, 7) is 7.77. The Kier molecular flexibility index (Phi) is 28.2. The number of hydrogen-bond acceptors (Lipinski definition) is 15. The van der Waals surface area contributed by atoms with Gasteiger partial charge in [0.1, 0.15) is 6.61 Å². The molecule has 1 aromatic rings. The summed E-state index contributed by atoms with van der Waals surface area (Å²) in [6, 6.07) is 7.96. The molecule has 0 unspecified atom stereocenters. The number of carbonyl (C=O) groups excluding carboxylic acids is 1. The van der Waals surface area contributed by atoms with Gasteiger partial charge in [0.15, 0.2) is 0 Å². The third-order valence-corrected chi connectivity index (χ3v) is 6.62. The second kappa shape index (κ2) is 30.8. The van der Waals surface area contributed by atoms with Crippen molar-refractivity contribution < 1.29 is 69.5 Å². The monoisotopic (exact) mass is 670 g/mol.